The van der Waals surface area contributed by atoms with Crippen molar-refractivity contribution < 1.29 is 28.7 Å². The second-order valence-electron chi connectivity index (χ2n) is 10.0. The fraction of sp³-hybridized carbons (Fsp3) is 0.800. The minimum absolute atomic E-state index is 0.297. The van der Waals surface area contributed by atoms with Crippen LogP contribution in [0.4, 0.5) is 4.79 Å². The molecule has 4 N–H and O–H groups in total. The number of rotatable bonds is 9. The lowest BCUT2D eigenvalue weighted by Gasteiger charge is -2.39. The molecular weight excluding hydrogens is 466 g/mol. The molecule has 36 heavy (non-hydrogen) atoms. The van der Waals surface area contributed by atoms with Gasteiger partial charge in [-0.2, -0.15) is 0 Å². The standard InChI is InChI=1S/C25H41N5O6/c1-2-3-9-18(20(31)22(33)27-19-10-5-8-13-26-21(19)32)28-23(34)25(11-6-4-7-12-25)29-24(35)30-14-16-36-17-15-30/h18-19H,2-17H2,1H3,(H,26,32)(H,27,33)(H,28,34)(H,29,35). The highest BCUT2D eigenvalue weighted by Gasteiger charge is 2.43. The van der Waals surface area contributed by atoms with Crippen LogP contribution in [0.25, 0.3) is 0 Å². The summed E-state index contributed by atoms with van der Waals surface area (Å²) in [6, 6.07) is -2.10. The molecule has 0 aromatic carbocycles. The Morgan fingerprint density at radius 3 is 2.50 bits per heavy atom. The molecule has 2 saturated heterocycles. The van der Waals surface area contributed by atoms with E-state index in [9.17, 15) is 24.0 Å². The Balaban J connectivity index is 1.70. The van der Waals surface area contributed by atoms with Crippen LogP contribution in [0.1, 0.15) is 77.6 Å². The lowest BCUT2D eigenvalue weighted by molar-refractivity contribution is -0.142. The number of nitrogens with zero attached hydrogens (tertiary/aromatic N) is 1. The van der Waals surface area contributed by atoms with Crippen molar-refractivity contribution in [3.05, 3.63) is 0 Å². The summed E-state index contributed by atoms with van der Waals surface area (Å²) in [6.45, 7) is 4.33. The van der Waals surface area contributed by atoms with E-state index in [1.807, 2.05) is 6.92 Å². The van der Waals surface area contributed by atoms with Crippen molar-refractivity contribution in [3.63, 3.8) is 0 Å². The molecule has 2 atom stereocenters. The number of carbonyl (C=O) groups is 5. The van der Waals surface area contributed by atoms with Gasteiger partial charge >= 0.3 is 6.03 Å². The molecule has 11 nitrogen and oxygen atoms in total. The molecule has 0 aromatic heterocycles. The summed E-state index contributed by atoms with van der Waals surface area (Å²) in [5.41, 5.74) is -1.13. The number of hydrogen-bond donors (Lipinski definition) is 4. The highest BCUT2D eigenvalue weighted by atomic mass is 16.5. The largest absolute Gasteiger partial charge is 0.378 e. The number of carbonyl (C=O) groups excluding carboxylic acids is 5. The molecule has 2 aliphatic heterocycles. The van der Waals surface area contributed by atoms with Gasteiger partial charge < -0.3 is 30.9 Å². The molecule has 2 unspecified atom stereocenters. The second kappa shape index (κ2) is 13.6. The van der Waals surface area contributed by atoms with Gasteiger partial charge in [0.1, 0.15) is 11.6 Å². The Hall–Kier alpha value is -2.69. The predicted molar refractivity (Wildman–Crippen MR) is 132 cm³/mol. The summed E-state index contributed by atoms with van der Waals surface area (Å²) in [7, 11) is 0. The number of amides is 5. The molecule has 1 aliphatic carbocycles. The highest BCUT2D eigenvalue weighted by molar-refractivity contribution is 6.38. The normalized spacial score (nSPS) is 23.0. The Morgan fingerprint density at radius 2 is 1.81 bits per heavy atom. The highest BCUT2D eigenvalue weighted by Crippen LogP contribution is 2.29. The number of Topliss-reactive ketones (excluding diaryl/α,β-unsaturated/α-hetero) is 1. The lowest BCUT2D eigenvalue weighted by atomic mass is 9.80. The molecule has 3 rings (SSSR count). The van der Waals surface area contributed by atoms with Crippen LogP contribution >= 0.6 is 0 Å². The molecule has 0 aromatic rings. The molecule has 202 valence electrons. The van der Waals surface area contributed by atoms with E-state index in [1.165, 1.54) is 0 Å². The summed E-state index contributed by atoms with van der Waals surface area (Å²) < 4.78 is 5.32. The third-order valence-electron chi connectivity index (χ3n) is 7.32. The van der Waals surface area contributed by atoms with Gasteiger partial charge in [-0.05, 0) is 38.5 Å². The summed E-state index contributed by atoms with van der Waals surface area (Å²) in [5.74, 6) is -2.36. The van der Waals surface area contributed by atoms with E-state index in [0.29, 0.717) is 65.0 Å². The van der Waals surface area contributed by atoms with Crippen molar-refractivity contribution in [2.45, 2.75) is 95.2 Å². The van der Waals surface area contributed by atoms with Gasteiger partial charge in [-0.3, -0.25) is 19.2 Å². The average molecular weight is 508 g/mol. The van der Waals surface area contributed by atoms with Crippen LogP contribution in [-0.4, -0.2) is 84.9 Å². The number of ketones is 1. The van der Waals surface area contributed by atoms with Crippen LogP contribution in [0.15, 0.2) is 0 Å². The first-order valence-electron chi connectivity index (χ1n) is 13.4. The topological polar surface area (TPSA) is 146 Å². The summed E-state index contributed by atoms with van der Waals surface area (Å²) in [5, 5.41) is 11.1. The Kier molecular flexibility index (Phi) is 10.5. The van der Waals surface area contributed by atoms with Gasteiger partial charge in [0.25, 0.3) is 5.91 Å². The molecule has 1 saturated carbocycles. The van der Waals surface area contributed by atoms with Gasteiger partial charge in [-0.25, -0.2) is 4.79 Å². The van der Waals surface area contributed by atoms with E-state index in [0.717, 1.165) is 38.5 Å². The number of hydrogen-bond acceptors (Lipinski definition) is 6. The molecule has 0 spiro atoms. The molecular formula is C25H41N5O6. The van der Waals surface area contributed by atoms with Gasteiger partial charge in [0.2, 0.25) is 17.6 Å². The SMILES string of the molecule is CCCCC(NC(=O)C1(NC(=O)N2CCOCC2)CCCCC1)C(=O)C(=O)NC1CCCCNC1=O. The van der Waals surface area contributed by atoms with Crippen LogP contribution in [0.2, 0.25) is 0 Å². The molecule has 0 radical (unpaired) electrons. The molecule has 3 fully saturated rings. The van der Waals surface area contributed by atoms with E-state index >= 15 is 0 Å². The smallest absolute Gasteiger partial charge is 0.318 e. The maximum atomic E-state index is 13.6. The Morgan fingerprint density at radius 1 is 1.08 bits per heavy atom. The lowest BCUT2D eigenvalue weighted by Crippen LogP contribution is -2.65. The monoisotopic (exact) mass is 507 g/mol. The van der Waals surface area contributed by atoms with Gasteiger partial charge in [-0.1, -0.05) is 39.0 Å². The van der Waals surface area contributed by atoms with Crippen LogP contribution in [-0.2, 0) is 23.9 Å². The minimum Gasteiger partial charge on any atom is -0.378 e. The zero-order chi connectivity index (χ0) is 26.0. The van der Waals surface area contributed by atoms with E-state index < -0.39 is 35.2 Å². The third kappa shape index (κ3) is 7.41. The number of morpholine rings is 1. The van der Waals surface area contributed by atoms with Crippen LogP contribution in [0, 0.1) is 0 Å². The van der Waals surface area contributed by atoms with Crippen molar-refractivity contribution in [2.75, 3.05) is 32.8 Å². The Bertz CT molecular complexity index is 807. The van der Waals surface area contributed by atoms with Crippen LogP contribution in [0.3, 0.4) is 0 Å². The first-order chi connectivity index (χ1) is 17.4. The van der Waals surface area contributed by atoms with Crippen LogP contribution in [0.5, 0.6) is 0 Å². The maximum Gasteiger partial charge on any atom is 0.318 e. The number of urea groups is 1. The first kappa shape index (κ1) is 27.9. The molecule has 3 aliphatic rings. The van der Waals surface area contributed by atoms with Crippen molar-refractivity contribution in [2.24, 2.45) is 0 Å². The van der Waals surface area contributed by atoms with Gasteiger partial charge in [0.15, 0.2) is 0 Å². The summed E-state index contributed by atoms with van der Waals surface area (Å²) in [6.07, 6.45) is 7.24. The quantitative estimate of drug-likeness (QED) is 0.339. The predicted octanol–water partition coefficient (Wildman–Crippen LogP) is 0.760. The fourth-order valence-corrected chi connectivity index (χ4v) is 5.05. The van der Waals surface area contributed by atoms with Gasteiger partial charge in [0, 0.05) is 19.6 Å². The average Bonchev–Trinajstić information content (AvgIpc) is 3.10. The number of unbranched alkanes of at least 4 members (excludes halogenated alkanes) is 1. The number of nitrogens with one attached hydrogen (secondary N) is 4. The number of ether oxygens (including phenoxy) is 1. The first-order valence-corrected chi connectivity index (χ1v) is 13.4. The van der Waals surface area contributed by atoms with Gasteiger partial charge in [0.05, 0.1) is 19.3 Å². The van der Waals surface area contributed by atoms with Crippen molar-refractivity contribution >= 4 is 29.5 Å². The molecule has 5 amide bonds. The van der Waals surface area contributed by atoms with Crippen LogP contribution < -0.4 is 21.3 Å². The molecule has 0 bridgehead atoms. The molecule has 2 heterocycles. The summed E-state index contributed by atoms with van der Waals surface area (Å²) >= 11 is 0. The zero-order valence-corrected chi connectivity index (χ0v) is 21.4. The minimum atomic E-state index is -1.13. The van der Waals surface area contributed by atoms with E-state index in [2.05, 4.69) is 21.3 Å². The Labute approximate surface area is 212 Å². The van der Waals surface area contributed by atoms with Crippen molar-refractivity contribution in [1.29, 1.82) is 0 Å². The zero-order valence-electron chi connectivity index (χ0n) is 21.4. The van der Waals surface area contributed by atoms with Crippen molar-refractivity contribution in [3.8, 4) is 0 Å². The maximum absolute atomic E-state index is 13.6. The second-order valence-corrected chi connectivity index (χ2v) is 10.0. The fourth-order valence-electron chi connectivity index (χ4n) is 5.05. The third-order valence-corrected chi connectivity index (χ3v) is 7.32. The van der Waals surface area contributed by atoms with E-state index in [1.54, 1.807) is 4.90 Å². The van der Waals surface area contributed by atoms with E-state index in [4.69, 9.17) is 4.74 Å². The summed E-state index contributed by atoms with van der Waals surface area (Å²) in [4.78, 5) is 66.4. The van der Waals surface area contributed by atoms with Gasteiger partial charge in [-0.15, -0.1) is 0 Å². The van der Waals surface area contributed by atoms with Crippen molar-refractivity contribution in [1.82, 2.24) is 26.2 Å². The van der Waals surface area contributed by atoms with E-state index in [-0.39, 0.29) is 11.9 Å². The molecule has 11 heteroatoms.